The third-order valence-corrected chi connectivity index (χ3v) is 6.10. The molecule has 1 atom stereocenters. The van der Waals surface area contributed by atoms with Gasteiger partial charge in [-0.05, 0) is 50.3 Å². The van der Waals surface area contributed by atoms with E-state index >= 15 is 0 Å². The fourth-order valence-corrected chi connectivity index (χ4v) is 4.30. The summed E-state index contributed by atoms with van der Waals surface area (Å²) in [5.74, 6) is 0.475. The fourth-order valence-electron chi connectivity index (χ4n) is 4.07. The number of amides is 1. The van der Waals surface area contributed by atoms with Gasteiger partial charge < -0.3 is 15.0 Å². The number of nitrogens with one attached hydrogen (secondary N) is 1. The molecule has 6 nitrogen and oxygen atoms in total. The van der Waals surface area contributed by atoms with E-state index in [2.05, 4.69) is 36.1 Å². The maximum absolute atomic E-state index is 12.7. The van der Waals surface area contributed by atoms with Crippen LogP contribution < -0.4 is 10.1 Å². The zero-order chi connectivity index (χ0) is 22.8. The van der Waals surface area contributed by atoms with Crippen molar-refractivity contribution in [3.05, 3.63) is 46.2 Å². The molecule has 1 amide bonds. The molecule has 1 fully saturated rings. The van der Waals surface area contributed by atoms with Crippen LogP contribution in [0, 0.1) is 12.3 Å². The van der Waals surface area contributed by atoms with Crippen LogP contribution in [0.1, 0.15) is 68.2 Å². The number of piperidine rings is 1. The average molecular weight is 447 g/mol. The number of ether oxygens (including phenoxy) is 1. The molecule has 1 aromatic heterocycles. The number of nitrogens with zero attached hydrogens (tertiary/aromatic N) is 3. The quantitative estimate of drug-likeness (QED) is 0.694. The molecule has 0 saturated carbocycles. The van der Waals surface area contributed by atoms with E-state index in [9.17, 15) is 4.79 Å². The van der Waals surface area contributed by atoms with Gasteiger partial charge in [-0.25, -0.2) is 0 Å². The summed E-state index contributed by atoms with van der Waals surface area (Å²) >= 11 is 6.46. The highest BCUT2D eigenvalue weighted by molar-refractivity contribution is 6.32. The van der Waals surface area contributed by atoms with E-state index in [1.54, 1.807) is 29.1 Å². The van der Waals surface area contributed by atoms with Gasteiger partial charge in [-0.2, -0.15) is 5.10 Å². The topological polar surface area (TPSA) is 59.4 Å². The first kappa shape index (κ1) is 23.6. The molecule has 0 aliphatic carbocycles. The van der Waals surface area contributed by atoms with E-state index in [4.69, 9.17) is 16.3 Å². The van der Waals surface area contributed by atoms with E-state index in [1.165, 1.54) is 0 Å². The van der Waals surface area contributed by atoms with Crippen LogP contribution in [0.4, 0.5) is 0 Å². The minimum absolute atomic E-state index is 0.144. The van der Waals surface area contributed by atoms with E-state index in [1.807, 2.05) is 20.9 Å². The van der Waals surface area contributed by atoms with E-state index in [0.717, 1.165) is 43.7 Å². The molecule has 0 spiro atoms. The number of rotatable bonds is 6. The molecule has 2 heterocycles. The summed E-state index contributed by atoms with van der Waals surface area (Å²) in [4.78, 5) is 15.2. The van der Waals surface area contributed by atoms with E-state index in [-0.39, 0.29) is 18.1 Å². The summed E-state index contributed by atoms with van der Waals surface area (Å²) in [7, 11) is 1.89. The molecule has 170 valence electrons. The second-order valence-corrected chi connectivity index (χ2v) is 10.2. The van der Waals surface area contributed by atoms with Gasteiger partial charge in [0.25, 0.3) is 5.91 Å². The molecule has 3 rings (SSSR count). The Morgan fingerprint density at radius 2 is 2.00 bits per heavy atom. The Hall–Kier alpha value is -2.05. The van der Waals surface area contributed by atoms with Gasteiger partial charge >= 0.3 is 0 Å². The molecular weight excluding hydrogens is 412 g/mol. The first-order valence-corrected chi connectivity index (χ1v) is 11.4. The normalized spacial score (nSPS) is 16.9. The Bertz CT molecular complexity index is 911. The van der Waals surface area contributed by atoms with Crippen LogP contribution >= 0.6 is 11.6 Å². The predicted octanol–water partition coefficient (Wildman–Crippen LogP) is 4.76. The maximum atomic E-state index is 12.7. The van der Waals surface area contributed by atoms with Crippen LogP contribution in [0.2, 0.25) is 5.02 Å². The Morgan fingerprint density at radius 3 is 2.55 bits per heavy atom. The molecule has 31 heavy (non-hydrogen) atoms. The number of likely N-dealkylation sites (tertiary alicyclic amines) is 1. The Kier molecular flexibility index (Phi) is 7.32. The average Bonchev–Trinajstić information content (AvgIpc) is 3.02. The smallest absolute Gasteiger partial charge is 0.251 e. The van der Waals surface area contributed by atoms with Gasteiger partial charge in [0.1, 0.15) is 11.9 Å². The van der Waals surface area contributed by atoms with Crippen LogP contribution in [-0.2, 0) is 7.05 Å². The lowest BCUT2D eigenvalue weighted by atomic mass is 9.94. The molecule has 0 radical (unpaired) electrons. The lowest BCUT2D eigenvalue weighted by molar-refractivity contribution is 0.0811. The van der Waals surface area contributed by atoms with Crippen molar-refractivity contribution in [3.63, 3.8) is 0 Å². The van der Waals surface area contributed by atoms with E-state index < -0.39 is 0 Å². The first-order chi connectivity index (χ1) is 14.5. The predicted molar refractivity (Wildman–Crippen MR) is 125 cm³/mol. The minimum Gasteiger partial charge on any atom is -0.489 e. The summed E-state index contributed by atoms with van der Waals surface area (Å²) in [5.41, 5.74) is 2.86. The summed E-state index contributed by atoms with van der Waals surface area (Å²) < 4.78 is 7.97. The fraction of sp³-hybridized carbons (Fsp3) is 0.583. The molecule has 1 N–H and O–H groups in total. The molecule has 1 aliphatic heterocycles. The lowest BCUT2D eigenvalue weighted by Gasteiger charge is -2.36. The summed E-state index contributed by atoms with van der Waals surface area (Å²) in [5, 5.41) is 7.73. The van der Waals surface area contributed by atoms with Crippen molar-refractivity contribution in [1.82, 2.24) is 20.0 Å². The van der Waals surface area contributed by atoms with Gasteiger partial charge in [0.05, 0.1) is 17.3 Å². The Balaban J connectivity index is 1.56. The summed E-state index contributed by atoms with van der Waals surface area (Å²) in [6.45, 7) is 13.9. The van der Waals surface area contributed by atoms with Gasteiger partial charge in [0.2, 0.25) is 0 Å². The number of hydrogen-bond donors (Lipinski definition) is 1. The third-order valence-electron chi connectivity index (χ3n) is 5.81. The number of benzene rings is 1. The number of carbonyl (C=O) groups is 1. The second-order valence-electron chi connectivity index (χ2n) is 9.80. The van der Waals surface area contributed by atoms with Gasteiger partial charge in [-0.1, -0.05) is 32.4 Å². The minimum atomic E-state index is -0.167. The number of carbonyl (C=O) groups excluding carboxylic acids is 1. The van der Waals surface area contributed by atoms with Crippen molar-refractivity contribution in [2.75, 3.05) is 19.6 Å². The van der Waals surface area contributed by atoms with Crippen LogP contribution in [0.3, 0.4) is 0 Å². The second kappa shape index (κ2) is 9.61. The molecule has 1 aromatic carbocycles. The molecule has 0 bridgehead atoms. The standard InChI is InChI=1S/C24H35ClN4O2/c1-16(20-14-26-28(6)17(20)2)27-23(30)18-7-8-22(21(25)13-18)31-19-9-11-29(12-10-19)15-24(3,4)5/h7-8,13-14,16,19H,9-12,15H2,1-6H3,(H,27,30)/t16-/m0/s1. The number of hydrogen-bond acceptors (Lipinski definition) is 4. The van der Waals surface area contributed by atoms with Crippen molar-refractivity contribution in [2.45, 2.75) is 59.6 Å². The zero-order valence-corrected chi connectivity index (χ0v) is 20.3. The highest BCUT2D eigenvalue weighted by Crippen LogP contribution is 2.29. The Labute approximate surface area is 190 Å². The lowest BCUT2D eigenvalue weighted by Crippen LogP contribution is -2.42. The SMILES string of the molecule is Cc1c([C@H](C)NC(=O)c2ccc(OC3CCN(CC(C)(C)C)CC3)c(Cl)c2)cnn1C. The number of aromatic nitrogens is 2. The molecule has 1 aliphatic rings. The van der Waals surface area contributed by atoms with Gasteiger partial charge in [-0.3, -0.25) is 9.48 Å². The van der Waals surface area contributed by atoms with Gasteiger partial charge in [0.15, 0.2) is 0 Å². The van der Waals surface area contributed by atoms with Crippen molar-refractivity contribution in [3.8, 4) is 5.75 Å². The van der Waals surface area contributed by atoms with Crippen LogP contribution in [0.25, 0.3) is 0 Å². The van der Waals surface area contributed by atoms with E-state index in [0.29, 0.717) is 21.8 Å². The third kappa shape index (κ3) is 6.23. The number of aryl methyl sites for hydroxylation is 1. The van der Waals surface area contributed by atoms with Crippen molar-refractivity contribution in [2.24, 2.45) is 12.5 Å². The van der Waals surface area contributed by atoms with Crippen LogP contribution in [0.15, 0.2) is 24.4 Å². The van der Waals surface area contributed by atoms with Gasteiger partial charge in [0, 0.05) is 43.5 Å². The zero-order valence-electron chi connectivity index (χ0n) is 19.5. The molecule has 1 saturated heterocycles. The van der Waals surface area contributed by atoms with Crippen LogP contribution in [-0.4, -0.2) is 46.3 Å². The highest BCUT2D eigenvalue weighted by atomic mass is 35.5. The van der Waals surface area contributed by atoms with Crippen molar-refractivity contribution in [1.29, 1.82) is 0 Å². The van der Waals surface area contributed by atoms with Crippen molar-refractivity contribution >= 4 is 17.5 Å². The largest absolute Gasteiger partial charge is 0.489 e. The Morgan fingerprint density at radius 1 is 1.32 bits per heavy atom. The molecule has 0 unspecified atom stereocenters. The maximum Gasteiger partial charge on any atom is 0.251 e. The van der Waals surface area contributed by atoms with Gasteiger partial charge in [-0.15, -0.1) is 0 Å². The highest BCUT2D eigenvalue weighted by Gasteiger charge is 2.24. The summed E-state index contributed by atoms with van der Waals surface area (Å²) in [6.07, 6.45) is 3.91. The monoisotopic (exact) mass is 446 g/mol. The first-order valence-electron chi connectivity index (χ1n) is 11.0. The number of halogens is 1. The molecule has 7 heteroatoms. The summed E-state index contributed by atoms with van der Waals surface area (Å²) in [6, 6.07) is 5.12. The van der Waals surface area contributed by atoms with Crippen LogP contribution in [0.5, 0.6) is 5.75 Å². The molecule has 2 aromatic rings. The van der Waals surface area contributed by atoms with Crippen molar-refractivity contribution < 1.29 is 9.53 Å². The molecular formula is C24H35ClN4O2.